The van der Waals surface area contributed by atoms with Crippen molar-refractivity contribution in [3.63, 3.8) is 0 Å². The molecular weight excluding hydrogens is 397 g/mol. The first-order chi connectivity index (χ1) is 13.8. The molecule has 0 unspecified atom stereocenters. The highest BCUT2D eigenvalue weighted by molar-refractivity contribution is 7.90. The van der Waals surface area contributed by atoms with Crippen LogP contribution in [0.1, 0.15) is 5.56 Å². The zero-order valence-corrected chi connectivity index (χ0v) is 16.2. The van der Waals surface area contributed by atoms with Gasteiger partial charge in [0.05, 0.1) is 5.39 Å². The molecule has 0 aliphatic carbocycles. The van der Waals surface area contributed by atoms with E-state index < -0.39 is 20.5 Å². The SMILES string of the molecule is Cc1cnc2n[nH]c(Nc3ccnc(Nc4ccc(F)c(S(C)(=O)=O)c4)n3)c2c1. The predicted molar refractivity (Wildman–Crippen MR) is 107 cm³/mol. The van der Waals surface area contributed by atoms with Gasteiger partial charge < -0.3 is 10.6 Å². The zero-order valence-electron chi connectivity index (χ0n) is 15.4. The molecule has 3 N–H and O–H groups in total. The molecule has 0 saturated heterocycles. The van der Waals surface area contributed by atoms with Gasteiger partial charge in [-0.05, 0) is 42.8 Å². The number of H-pyrrole nitrogens is 1. The normalized spacial score (nSPS) is 11.6. The van der Waals surface area contributed by atoms with Crippen LogP contribution in [0.5, 0.6) is 0 Å². The second-order valence-corrected chi connectivity index (χ2v) is 8.40. The highest BCUT2D eigenvalue weighted by Gasteiger charge is 2.15. The minimum Gasteiger partial charge on any atom is -0.325 e. The molecule has 4 aromatic rings. The lowest BCUT2D eigenvalue weighted by Gasteiger charge is -2.09. The number of nitrogens with one attached hydrogen (secondary N) is 3. The van der Waals surface area contributed by atoms with Crippen LogP contribution in [0.15, 0.2) is 47.6 Å². The zero-order chi connectivity index (χ0) is 20.6. The molecule has 9 nitrogen and oxygen atoms in total. The third-order valence-corrected chi connectivity index (χ3v) is 5.15. The molecule has 0 spiro atoms. The van der Waals surface area contributed by atoms with Gasteiger partial charge in [0.2, 0.25) is 5.95 Å². The third-order valence-electron chi connectivity index (χ3n) is 4.04. The van der Waals surface area contributed by atoms with Gasteiger partial charge in [-0.1, -0.05) is 0 Å². The van der Waals surface area contributed by atoms with Crippen LogP contribution in [-0.2, 0) is 9.84 Å². The van der Waals surface area contributed by atoms with Gasteiger partial charge in [-0.25, -0.2) is 22.8 Å². The summed E-state index contributed by atoms with van der Waals surface area (Å²) in [6.45, 7) is 1.93. The van der Waals surface area contributed by atoms with E-state index in [1.807, 2.05) is 13.0 Å². The molecule has 1 aromatic carbocycles. The van der Waals surface area contributed by atoms with Crippen LogP contribution in [-0.4, -0.2) is 39.8 Å². The molecule has 4 rings (SSSR count). The number of nitrogens with zero attached hydrogens (tertiary/aromatic N) is 4. The Hall–Kier alpha value is -3.60. The van der Waals surface area contributed by atoms with Crippen LogP contribution in [0.2, 0.25) is 0 Å². The lowest BCUT2D eigenvalue weighted by Crippen LogP contribution is -2.04. The Bertz CT molecular complexity index is 1320. The Labute approximate surface area is 165 Å². The largest absolute Gasteiger partial charge is 0.325 e. The van der Waals surface area contributed by atoms with E-state index in [1.165, 1.54) is 18.3 Å². The van der Waals surface area contributed by atoms with Crippen LogP contribution >= 0.6 is 0 Å². The molecule has 29 heavy (non-hydrogen) atoms. The molecule has 0 fully saturated rings. The highest BCUT2D eigenvalue weighted by atomic mass is 32.2. The summed E-state index contributed by atoms with van der Waals surface area (Å²) in [6.07, 6.45) is 4.20. The van der Waals surface area contributed by atoms with E-state index in [2.05, 4.69) is 35.8 Å². The molecule has 0 saturated carbocycles. The molecule has 0 amide bonds. The Morgan fingerprint density at radius 3 is 2.72 bits per heavy atom. The number of fused-ring (bicyclic) bond motifs is 1. The van der Waals surface area contributed by atoms with Crippen molar-refractivity contribution in [1.29, 1.82) is 0 Å². The summed E-state index contributed by atoms with van der Waals surface area (Å²) in [5.41, 5.74) is 1.91. The quantitative estimate of drug-likeness (QED) is 0.456. The van der Waals surface area contributed by atoms with Crippen molar-refractivity contribution in [3.8, 4) is 0 Å². The number of sulfone groups is 1. The second kappa shape index (κ2) is 7.09. The van der Waals surface area contributed by atoms with Gasteiger partial charge in [0, 0.05) is 24.3 Å². The Kier molecular flexibility index (Phi) is 4.59. The maximum atomic E-state index is 13.8. The maximum absolute atomic E-state index is 13.8. The van der Waals surface area contributed by atoms with E-state index in [0.717, 1.165) is 23.3 Å². The smallest absolute Gasteiger partial charge is 0.229 e. The van der Waals surface area contributed by atoms with Crippen molar-refractivity contribution in [1.82, 2.24) is 25.1 Å². The van der Waals surface area contributed by atoms with Crippen LogP contribution in [0.25, 0.3) is 11.0 Å². The lowest BCUT2D eigenvalue weighted by atomic mass is 10.2. The minimum atomic E-state index is -3.70. The van der Waals surface area contributed by atoms with Gasteiger partial charge >= 0.3 is 0 Å². The fraction of sp³-hybridized carbons (Fsp3) is 0.111. The van der Waals surface area contributed by atoms with Crippen molar-refractivity contribution < 1.29 is 12.8 Å². The lowest BCUT2D eigenvalue weighted by molar-refractivity contribution is 0.571. The molecule has 0 aliphatic heterocycles. The fourth-order valence-corrected chi connectivity index (χ4v) is 3.47. The summed E-state index contributed by atoms with van der Waals surface area (Å²) < 4.78 is 37.2. The molecule has 0 bridgehead atoms. The Balaban J connectivity index is 1.60. The van der Waals surface area contributed by atoms with Crippen molar-refractivity contribution in [2.24, 2.45) is 0 Å². The van der Waals surface area contributed by atoms with E-state index in [0.29, 0.717) is 23.0 Å². The monoisotopic (exact) mass is 413 g/mol. The number of aryl methyl sites for hydroxylation is 1. The first-order valence-corrected chi connectivity index (χ1v) is 10.4. The molecule has 0 aliphatic rings. The summed E-state index contributed by atoms with van der Waals surface area (Å²) in [4.78, 5) is 12.3. The third kappa shape index (κ3) is 3.99. The Morgan fingerprint density at radius 2 is 1.93 bits per heavy atom. The summed E-state index contributed by atoms with van der Waals surface area (Å²) in [5.74, 6) is 0.491. The number of anilines is 4. The number of aromatic nitrogens is 5. The van der Waals surface area contributed by atoms with Crippen LogP contribution < -0.4 is 10.6 Å². The number of hydrogen-bond donors (Lipinski definition) is 3. The van der Waals surface area contributed by atoms with Crippen molar-refractivity contribution in [2.45, 2.75) is 11.8 Å². The van der Waals surface area contributed by atoms with E-state index in [9.17, 15) is 12.8 Å². The van der Waals surface area contributed by atoms with Gasteiger partial charge in [0.15, 0.2) is 15.5 Å². The highest BCUT2D eigenvalue weighted by Crippen LogP contribution is 2.24. The summed E-state index contributed by atoms with van der Waals surface area (Å²) in [7, 11) is -3.70. The number of rotatable bonds is 5. The number of hydrogen-bond acceptors (Lipinski definition) is 8. The maximum Gasteiger partial charge on any atom is 0.229 e. The van der Waals surface area contributed by atoms with Gasteiger partial charge in [0.25, 0.3) is 0 Å². The fourth-order valence-electron chi connectivity index (χ4n) is 2.71. The van der Waals surface area contributed by atoms with Gasteiger partial charge in [0.1, 0.15) is 22.3 Å². The first kappa shape index (κ1) is 18.7. The van der Waals surface area contributed by atoms with Crippen molar-refractivity contribution in [2.75, 3.05) is 16.9 Å². The molecule has 148 valence electrons. The number of halogens is 1. The summed E-state index contributed by atoms with van der Waals surface area (Å²) in [6, 6.07) is 7.29. The Morgan fingerprint density at radius 1 is 1.10 bits per heavy atom. The molecule has 3 heterocycles. The standard InChI is InChI=1S/C18H16FN7O2S/c1-10-7-12-16(21-9-10)25-26-17(12)23-15-5-6-20-18(24-15)22-11-3-4-13(19)14(8-11)29(2,27)28/h3-9H,1-2H3,(H3,20,21,22,23,24,25,26). The van der Waals surface area contributed by atoms with E-state index in [4.69, 9.17) is 0 Å². The summed E-state index contributed by atoms with van der Waals surface area (Å²) >= 11 is 0. The van der Waals surface area contributed by atoms with Crippen molar-refractivity contribution >= 4 is 44.1 Å². The average Bonchev–Trinajstić information content (AvgIpc) is 3.05. The van der Waals surface area contributed by atoms with Gasteiger partial charge in [-0.15, -0.1) is 0 Å². The molecule has 0 radical (unpaired) electrons. The predicted octanol–water partition coefficient (Wildman–Crippen LogP) is 3.09. The number of pyridine rings is 1. The number of benzene rings is 1. The van der Waals surface area contributed by atoms with E-state index >= 15 is 0 Å². The average molecular weight is 413 g/mol. The number of aromatic amines is 1. The van der Waals surface area contributed by atoms with Gasteiger partial charge in [-0.3, -0.25) is 5.10 Å². The molecule has 0 atom stereocenters. The first-order valence-electron chi connectivity index (χ1n) is 8.47. The van der Waals surface area contributed by atoms with Gasteiger partial charge in [-0.2, -0.15) is 10.1 Å². The topological polar surface area (TPSA) is 126 Å². The summed E-state index contributed by atoms with van der Waals surface area (Å²) in [5, 5.41) is 13.8. The van der Waals surface area contributed by atoms with Crippen LogP contribution in [0, 0.1) is 12.7 Å². The van der Waals surface area contributed by atoms with Crippen LogP contribution in [0.3, 0.4) is 0 Å². The van der Waals surface area contributed by atoms with Crippen LogP contribution in [0.4, 0.5) is 27.7 Å². The molecule has 3 aromatic heterocycles. The molecule has 11 heteroatoms. The van der Waals surface area contributed by atoms with Crippen molar-refractivity contribution in [3.05, 3.63) is 54.1 Å². The second-order valence-electron chi connectivity index (χ2n) is 6.42. The van der Waals surface area contributed by atoms with E-state index in [-0.39, 0.29) is 5.95 Å². The van der Waals surface area contributed by atoms with E-state index in [1.54, 1.807) is 12.3 Å². The minimum absolute atomic E-state index is 0.208. The molecular formula is C18H16FN7O2S.